The highest BCUT2D eigenvalue weighted by molar-refractivity contribution is 7.99. The van der Waals surface area contributed by atoms with E-state index in [9.17, 15) is 0 Å². The SMILES string of the molecule is Cn1c(CCl)cnc1SCC1CCOCC1. The van der Waals surface area contributed by atoms with Gasteiger partial charge in [-0.3, -0.25) is 0 Å². The number of rotatable bonds is 4. The van der Waals surface area contributed by atoms with E-state index in [-0.39, 0.29) is 0 Å². The Labute approximate surface area is 106 Å². The van der Waals surface area contributed by atoms with Crippen LogP contribution >= 0.6 is 23.4 Å². The van der Waals surface area contributed by atoms with Crippen molar-refractivity contribution < 1.29 is 4.74 Å². The molecule has 2 rings (SSSR count). The van der Waals surface area contributed by atoms with E-state index in [2.05, 4.69) is 9.55 Å². The summed E-state index contributed by atoms with van der Waals surface area (Å²) in [6, 6.07) is 0. The third kappa shape index (κ3) is 2.93. The molecule has 5 heteroatoms. The van der Waals surface area contributed by atoms with Crippen LogP contribution in [0.3, 0.4) is 0 Å². The largest absolute Gasteiger partial charge is 0.381 e. The van der Waals surface area contributed by atoms with Crippen molar-refractivity contribution in [1.82, 2.24) is 9.55 Å². The van der Waals surface area contributed by atoms with Crippen LogP contribution in [0, 0.1) is 5.92 Å². The van der Waals surface area contributed by atoms with Crippen molar-refractivity contribution in [3.8, 4) is 0 Å². The molecule has 0 unspecified atom stereocenters. The molecule has 0 N–H and O–H groups in total. The van der Waals surface area contributed by atoms with E-state index in [0.29, 0.717) is 5.88 Å². The van der Waals surface area contributed by atoms with Crippen LogP contribution in [0.25, 0.3) is 0 Å². The zero-order valence-electron chi connectivity index (χ0n) is 9.49. The van der Waals surface area contributed by atoms with Gasteiger partial charge >= 0.3 is 0 Å². The standard InChI is InChI=1S/C11H17ClN2OS/c1-14-10(6-12)7-13-11(14)16-8-9-2-4-15-5-3-9/h7,9H,2-6,8H2,1H3. The third-order valence-corrected chi connectivity index (χ3v) is 4.52. The number of halogens is 1. The molecule has 3 nitrogen and oxygen atoms in total. The van der Waals surface area contributed by atoms with Gasteiger partial charge in [0.1, 0.15) is 0 Å². The van der Waals surface area contributed by atoms with Crippen molar-refractivity contribution >= 4 is 23.4 Å². The predicted octanol–water partition coefficient (Wildman–Crippen LogP) is 2.68. The van der Waals surface area contributed by atoms with Crippen molar-refractivity contribution in [3.05, 3.63) is 11.9 Å². The molecule has 0 atom stereocenters. The lowest BCUT2D eigenvalue weighted by Crippen LogP contribution is -2.17. The summed E-state index contributed by atoms with van der Waals surface area (Å²) in [6.07, 6.45) is 4.22. The fourth-order valence-corrected chi connectivity index (χ4v) is 3.19. The first-order chi connectivity index (χ1) is 7.81. The van der Waals surface area contributed by atoms with E-state index in [1.165, 1.54) is 12.8 Å². The quantitative estimate of drug-likeness (QED) is 0.615. The van der Waals surface area contributed by atoms with Crippen molar-refractivity contribution in [2.24, 2.45) is 13.0 Å². The van der Waals surface area contributed by atoms with E-state index < -0.39 is 0 Å². The van der Waals surface area contributed by atoms with Crippen molar-refractivity contribution in [2.75, 3.05) is 19.0 Å². The fourth-order valence-electron chi connectivity index (χ4n) is 1.79. The Morgan fingerprint density at radius 2 is 2.31 bits per heavy atom. The minimum atomic E-state index is 0.529. The molecule has 1 aliphatic rings. The molecule has 0 aromatic carbocycles. The summed E-state index contributed by atoms with van der Waals surface area (Å²) in [5.74, 6) is 2.44. The van der Waals surface area contributed by atoms with Crippen LogP contribution in [0.1, 0.15) is 18.5 Å². The summed E-state index contributed by atoms with van der Waals surface area (Å²) in [4.78, 5) is 4.38. The molecule has 0 bridgehead atoms. The van der Waals surface area contributed by atoms with Crippen LogP contribution in [0.4, 0.5) is 0 Å². The molecular weight excluding hydrogens is 244 g/mol. The minimum absolute atomic E-state index is 0.529. The monoisotopic (exact) mass is 260 g/mol. The highest BCUT2D eigenvalue weighted by Crippen LogP contribution is 2.25. The van der Waals surface area contributed by atoms with Crippen LogP contribution < -0.4 is 0 Å². The molecule has 1 saturated heterocycles. The Balaban J connectivity index is 1.86. The number of alkyl halides is 1. The summed E-state index contributed by atoms with van der Waals surface area (Å²) in [6.45, 7) is 1.83. The lowest BCUT2D eigenvalue weighted by atomic mass is 10.0. The van der Waals surface area contributed by atoms with Crippen molar-refractivity contribution in [3.63, 3.8) is 0 Å². The van der Waals surface area contributed by atoms with Gasteiger partial charge in [-0.25, -0.2) is 4.98 Å². The van der Waals surface area contributed by atoms with Gasteiger partial charge in [0.25, 0.3) is 0 Å². The van der Waals surface area contributed by atoms with Crippen LogP contribution in [0.5, 0.6) is 0 Å². The first kappa shape index (κ1) is 12.3. The average Bonchev–Trinajstić information content (AvgIpc) is 2.69. The lowest BCUT2D eigenvalue weighted by molar-refractivity contribution is 0.0728. The Bertz CT molecular complexity index is 337. The number of nitrogens with zero attached hydrogens (tertiary/aromatic N) is 2. The van der Waals surface area contributed by atoms with Crippen LogP contribution in [-0.4, -0.2) is 28.5 Å². The molecular formula is C11H17ClN2OS. The van der Waals surface area contributed by atoms with Gasteiger partial charge in [-0.05, 0) is 18.8 Å². The number of hydrogen-bond donors (Lipinski definition) is 0. The first-order valence-electron chi connectivity index (χ1n) is 5.58. The van der Waals surface area contributed by atoms with Crippen molar-refractivity contribution in [2.45, 2.75) is 23.9 Å². The molecule has 2 heterocycles. The number of thioether (sulfide) groups is 1. The Hall–Kier alpha value is -0.190. The number of ether oxygens (including phenoxy) is 1. The second kappa shape index (κ2) is 5.94. The molecule has 1 aromatic rings. The highest BCUT2D eigenvalue weighted by Gasteiger charge is 2.15. The lowest BCUT2D eigenvalue weighted by Gasteiger charge is -2.21. The average molecular weight is 261 g/mol. The second-order valence-electron chi connectivity index (χ2n) is 4.09. The maximum Gasteiger partial charge on any atom is 0.167 e. The Morgan fingerprint density at radius 1 is 1.56 bits per heavy atom. The molecule has 16 heavy (non-hydrogen) atoms. The number of imidazole rings is 1. The summed E-state index contributed by atoms with van der Waals surface area (Å²) in [7, 11) is 2.02. The first-order valence-corrected chi connectivity index (χ1v) is 7.10. The van der Waals surface area contributed by atoms with Gasteiger partial charge in [0.05, 0.1) is 17.8 Å². The Kier molecular flexibility index (Phi) is 4.55. The summed E-state index contributed by atoms with van der Waals surface area (Å²) < 4.78 is 7.43. The van der Waals surface area contributed by atoms with Gasteiger partial charge in [-0.1, -0.05) is 11.8 Å². The molecule has 0 saturated carbocycles. The number of hydrogen-bond acceptors (Lipinski definition) is 3. The van der Waals surface area contributed by atoms with Crippen LogP contribution in [-0.2, 0) is 17.7 Å². The highest BCUT2D eigenvalue weighted by atomic mass is 35.5. The van der Waals surface area contributed by atoms with E-state index in [1.807, 2.05) is 25.0 Å². The van der Waals surface area contributed by atoms with Crippen molar-refractivity contribution in [1.29, 1.82) is 0 Å². The third-order valence-electron chi connectivity index (χ3n) is 2.97. The molecule has 0 radical (unpaired) electrons. The maximum atomic E-state index is 5.81. The molecule has 0 amide bonds. The smallest absolute Gasteiger partial charge is 0.167 e. The molecule has 1 aliphatic heterocycles. The zero-order valence-corrected chi connectivity index (χ0v) is 11.1. The minimum Gasteiger partial charge on any atom is -0.381 e. The van der Waals surface area contributed by atoms with E-state index in [1.54, 1.807) is 0 Å². The van der Waals surface area contributed by atoms with E-state index in [0.717, 1.165) is 35.7 Å². The number of aromatic nitrogens is 2. The fraction of sp³-hybridized carbons (Fsp3) is 0.727. The van der Waals surface area contributed by atoms with Gasteiger partial charge in [0.15, 0.2) is 5.16 Å². The molecule has 90 valence electrons. The summed E-state index contributed by atoms with van der Waals surface area (Å²) in [5.41, 5.74) is 1.08. The summed E-state index contributed by atoms with van der Waals surface area (Å²) in [5, 5.41) is 1.07. The normalized spacial score (nSPS) is 17.9. The molecule has 1 fully saturated rings. The van der Waals surface area contributed by atoms with E-state index in [4.69, 9.17) is 16.3 Å². The topological polar surface area (TPSA) is 27.1 Å². The molecule has 1 aromatic heterocycles. The second-order valence-corrected chi connectivity index (χ2v) is 5.35. The maximum absolute atomic E-state index is 5.81. The van der Waals surface area contributed by atoms with Gasteiger partial charge in [-0.15, -0.1) is 11.6 Å². The van der Waals surface area contributed by atoms with Gasteiger partial charge in [0, 0.05) is 26.0 Å². The molecule has 0 aliphatic carbocycles. The van der Waals surface area contributed by atoms with Gasteiger partial charge in [-0.2, -0.15) is 0 Å². The Morgan fingerprint density at radius 3 is 2.94 bits per heavy atom. The zero-order chi connectivity index (χ0) is 11.4. The van der Waals surface area contributed by atoms with E-state index >= 15 is 0 Å². The van der Waals surface area contributed by atoms with Gasteiger partial charge in [0.2, 0.25) is 0 Å². The van der Waals surface area contributed by atoms with Gasteiger partial charge < -0.3 is 9.30 Å². The predicted molar refractivity (Wildman–Crippen MR) is 67.0 cm³/mol. The van der Waals surface area contributed by atoms with Crippen LogP contribution in [0.15, 0.2) is 11.4 Å². The molecule has 0 spiro atoms. The van der Waals surface area contributed by atoms with Crippen LogP contribution in [0.2, 0.25) is 0 Å². The summed E-state index contributed by atoms with van der Waals surface area (Å²) >= 11 is 7.64.